The van der Waals surface area contributed by atoms with Gasteiger partial charge in [0.15, 0.2) is 0 Å². The molecule has 0 bridgehead atoms. The van der Waals surface area contributed by atoms with Gasteiger partial charge in [0.2, 0.25) is 0 Å². The number of carboxylic acid groups (broad SMARTS) is 1. The average Bonchev–Trinajstić information content (AvgIpc) is 2.39. The molecule has 104 valence electrons. The van der Waals surface area contributed by atoms with E-state index in [1.54, 1.807) is 43.3 Å². The van der Waals surface area contributed by atoms with E-state index in [1.165, 1.54) is 0 Å². The number of ether oxygens (including phenoxy) is 1. The van der Waals surface area contributed by atoms with Gasteiger partial charge in [-0.3, -0.25) is 10.6 Å². The van der Waals surface area contributed by atoms with E-state index in [1.807, 2.05) is 0 Å². The van der Waals surface area contributed by atoms with Gasteiger partial charge in [0.25, 0.3) is 0 Å². The van der Waals surface area contributed by atoms with Crippen LogP contribution < -0.4 is 10.6 Å². The summed E-state index contributed by atoms with van der Waals surface area (Å²) in [6, 6.07) is 10.4. The first kappa shape index (κ1) is 13.7. The molecule has 0 aliphatic rings. The number of carbonyl (C=O) groups excluding carboxylic acids is 1. The molecular weight excluding hydrogens is 260 g/mol. The van der Waals surface area contributed by atoms with Crippen LogP contribution in [0.3, 0.4) is 0 Å². The molecule has 2 rings (SSSR count). The van der Waals surface area contributed by atoms with Crippen molar-refractivity contribution in [3.05, 3.63) is 36.4 Å². The Morgan fingerprint density at radius 1 is 1.05 bits per heavy atom. The molecule has 2 amide bonds. The lowest BCUT2D eigenvalue weighted by Crippen LogP contribution is -2.13. The van der Waals surface area contributed by atoms with E-state index in [2.05, 4.69) is 10.6 Å². The van der Waals surface area contributed by atoms with Gasteiger partial charge in [-0.25, -0.2) is 9.59 Å². The number of fused-ring (bicyclic) bond motifs is 1. The van der Waals surface area contributed by atoms with E-state index in [9.17, 15) is 9.59 Å². The number of anilines is 2. The van der Waals surface area contributed by atoms with Crippen molar-refractivity contribution in [2.24, 2.45) is 0 Å². The Balaban J connectivity index is 2.42. The average molecular weight is 274 g/mol. The number of carbonyl (C=O) groups is 2. The number of nitrogens with one attached hydrogen (secondary N) is 2. The molecule has 3 N–H and O–H groups in total. The second-order valence-electron chi connectivity index (χ2n) is 3.98. The summed E-state index contributed by atoms with van der Waals surface area (Å²) in [6.07, 6.45) is -1.68. The molecule has 2 aromatic rings. The van der Waals surface area contributed by atoms with Crippen molar-refractivity contribution in [3.8, 4) is 0 Å². The zero-order valence-corrected chi connectivity index (χ0v) is 10.8. The summed E-state index contributed by atoms with van der Waals surface area (Å²) in [5, 5.41) is 15.2. The molecule has 0 unspecified atom stereocenters. The third-order valence-corrected chi connectivity index (χ3v) is 2.68. The highest BCUT2D eigenvalue weighted by molar-refractivity contribution is 6.07. The Labute approximate surface area is 115 Å². The molecule has 0 saturated carbocycles. The standard InChI is InChI=1S/C14H14N2O4/c1-2-20-14(19)16-12-8-4-5-9-10(12)6-3-7-11(9)15-13(17)18/h3-8,15H,2H2,1H3,(H,16,19)(H,17,18). The topological polar surface area (TPSA) is 87.7 Å². The number of amides is 2. The fourth-order valence-corrected chi connectivity index (χ4v) is 1.92. The van der Waals surface area contributed by atoms with Crippen LogP contribution in [0.15, 0.2) is 36.4 Å². The molecule has 0 fully saturated rings. The van der Waals surface area contributed by atoms with Gasteiger partial charge in [-0.1, -0.05) is 24.3 Å². The monoisotopic (exact) mass is 274 g/mol. The van der Waals surface area contributed by atoms with Crippen molar-refractivity contribution in [2.75, 3.05) is 17.2 Å². The van der Waals surface area contributed by atoms with Crippen LogP contribution in [-0.4, -0.2) is 23.9 Å². The Kier molecular flexibility index (Phi) is 4.05. The predicted octanol–water partition coefficient (Wildman–Crippen LogP) is 3.50. The molecule has 0 atom stereocenters. The highest BCUT2D eigenvalue weighted by Crippen LogP contribution is 2.29. The molecule has 0 heterocycles. The Bertz CT molecular complexity index is 655. The minimum absolute atomic E-state index is 0.280. The van der Waals surface area contributed by atoms with Crippen molar-refractivity contribution in [2.45, 2.75) is 6.92 Å². The predicted molar refractivity (Wildman–Crippen MR) is 76.2 cm³/mol. The van der Waals surface area contributed by atoms with Gasteiger partial charge >= 0.3 is 12.2 Å². The van der Waals surface area contributed by atoms with Gasteiger partial charge in [0.1, 0.15) is 0 Å². The van der Waals surface area contributed by atoms with Crippen LogP contribution in [0, 0.1) is 0 Å². The minimum atomic E-state index is -1.14. The second-order valence-corrected chi connectivity index (χ2v) is 3.98. The number of rotatable bonds is 3. The summed E-state index contributed by atoms with van der Waals surface area (Å²) in [4.78, 5) is 22.2. The lowest BCUT2D eigenvalue weighted by Gasteiger charge is -2.11. The normalized spacial score (nSPS) is 10.1. The maximum atomic E-state index is 11.5. The van der Waals surface area contributed by atoms with Gasteiger partial charge in [-0.05, 0) is 19.1 Å². The fraction of sp³-hybridized carbons (Fsp3) is 0.143. The summed E-state index contributed by atoms with van der Waals surface area (Å²) in [6.45, 7) is 2.00. The van der Waals surface area contributed by atoms with Crippen molar-refractivity contribution in [3.63, 3.8) is 0 Å². The van der Waals surface area contributed by atoms with E-state index >= 15 is 0 Å². The van der Waals surface area contributed by atoms with Crippen molar-refractivity contribution in [1.82, 2.24) is 0 Å². The van der Waals surface area contributed by atoms with E-state index in [0.717, 1.165) is 5.39 Å². The van der Waals surface area contributed by atoms with Crippen LogP contribution in [0.25, 0.3) is 10.8 Å². The van der Waals surface area contributed by atoms with Gasteiger partial charge < -0.3 is 9.84 Å². The van der Waals surface area contributed by atoms with Crippen LogP contribution in [-0.2, 0) is 4.74 Å². The molecule has 0 aromatic heterocycles. The maximum Gasteiger partial charge on any atom is 0.411 e. The highest BCUT2D eigenvalue weighted by atomic mass is 16.5. The molecule has 2 aromatic carbocycles. The van der Waals surface area contributed by atoms with Crippen molar-refractivity contribution in [1.29, 1.82) is 0 Å². The van der Waals surface area contributed by atoms with Crippen LogP contribution >= 0.6 is 0 Å². The van der Waals surface area contributed by atoms with Crippen LogP contribution in [0.1, 0.15) is 6.92 Å². The number of benzene rings is 2. The third-order valence-electron chi connectivity index (χ3n) is 2.68. The largest absolute Gasteiger partial charge is 0.465 e. The zero-order chi connectivity index (χ0) is 14.5. The minimum Gasteiger partial charge on any atom is -0.465 e. The summed E-state index contributed by atoms with van der Waals surface area (Å²) in [7, 11) is 0. The molecule has 0 radical (unpaired) electrons. The zero-order valence-electron chi connectivity index (χ0n) is 10.8. The summed E-state index contributed by atoms with van der Waals surface area (Å²) >= 11 is 0. The Morgan fingerprint density at radius 2 is 1.60 bits per heavy atom. The van der Waals surface area contributed by atoms with Gasteiger partial charge in [-0.15, -0.1) is 0 Å². The SMILES string of the molecule is CCOC(=O)Nc1cccc2c(NC(=O)O)cccc12. The smallest absolute Gasteiger partial charge is 0.411 e. The first-order chi connectivity index (χ1) is 9.61. The molecule has 6 nitrogen and oxygen atoms in total. The quantitative estimate of drug-likeness (QED) is 0.799. The maximum absolute atomic E-state index is 11.5. The molecule has 0 aliphatic carbocycles. The molecule has 6 heteroatoms. The lowest BCUT2D eigenvalue weighted by atomic mass is 10.1. The summed E-state index contributed by atoms with van der Waals surface area (Å²) in [5.41, 5.74) is 1.03. The van der Waals surface area contributed by atoms with Gasteiger partial charge in [-0.2, -0.15) is 0 Å². The molecular formula is C14H14N2O4. The van der Waals surface area contributed by atoms with Crippen molar-refractivity contribution >= 4 is 34.3 Å². The second kappa shape index (κ2) is 5.92. The molecule has 20 heavy (non-hydrogen) atoms. The number of hydrogen-bond acceptors (Lipinski definition) is 3. The summed E-state index contributed by atoms with van der Waals surface area (Å²) in [5.74, 6) is 0. The molecule has 0 spiro atoms. The van der Waals surface area contributed by atoms with Crippen molar-refractivity contribution < 1.29 is 19.4 Å². The van der Waals surface area contributed by atoms with Crippen LogP contribution in [0.5, 0.6) is 0 Å². The van der Waals surface area contributed by atoms with Crippen LogP contribution in [0.4, 0.5) is 21.0 Å². The van der Waals surface area contributed by atoms with Gasteiger partial charge in [0.05, 0.1) is 18.0 Å². The first-order valence-electron chi connectivity index (χ1n) is 6.07. The van der Waals surface area contributed by atoms with E-state index < -0.39 is 12.2 Å². The fourth-order valence-electron chi connectivity index (χ4n) is 1.92. The first-order valence-corrected chi connectivity index (χ1v) is 6.07. The lowest BCUT2D eigenvalue weighted by molar-refractivity contribution is 0.168. The van der Waals surface area contributed by atoms with E-state index in [0.29, 0.717) is 16.8 Å². The molecule has 0 aliphatic heterocycles. The summed E-state index contributed by atoms with van der Waals surface area (Å²) < 4.78 is 4.83. The van der Waals surface area contributed by atoms with Gasteiger partial charge in [0, 0.05) is 10.8 Å². The third kappa shape index (κ3) is 2.97. The Hall–Kier alpha value is -2.76. The van der Waals surface area contributed by atoms with E-state index in [4.69, 9.17) is 9.84 Å². The molecule has 0 saturated heterocycles. The van der Waals surface area contributed by atoms with E-state index in [-0.39, 0.29) is 6.61 Å². The van der Waals surface area contributed by atoms with Crippen LogP contribution in [0.2, 0.25) is 0 Å². The Morgan fingerprint density at radius 3 is 2.10 bits per heavy atom. The number of hydrogen-bond donors (Lipinski definition) is 3. The highest BCUT2D eigenvalue weighted by Gasteiger charge is 2.09.